The molecule has 0 radical (unpaired) electrons. The van der Waals surface area contributed by atoms with Crippen molar-refractivity contribution in [1.82, 2.24) is 19.9 Å². The number of aromatic nitrogens is 3. The van der Waals surface area contributed by atoms with E-state index in [1.807, 2.05) is 97.1 Å². The van der Waals surface area contributed by atoms with Crippen molar-refractivity contribution >= 4 is 34.2 Å². The highest BCUT2D eigenvalue weighted by molar-refractivity contribution is 5.98. The number of para-hydroxylation sites is 1. The van der Waals surface area contributed by atoms with E-state index in [0.29, 0.717) is 41.6 Å². The zero-order valence-electron chi connectivity index (χ0n) is 27.0. The number of nitrogens with zero attached hydrogens (tertiary/aromatic N) is 5. The molecular weight excluding hydrogens is 592 g/mol. The van der Waals surface area contributed by atoms with Gasteiger partial charge in [0.05, 0.1) is 25.8 Å². The predicted molar refractivity (Wildman–Crippen MR) is 182 cm³/mol. The lowest BCUT2D eigenvalue weighted by molar-refractivity contribution is -0.140. The van der Waals surface area contributed by atoms with Crippen LogP contribution < -0.4 is 15.0 Å². The third-order valence-electron chi connectivity index (χ3n) is 8.53. The van der Waals surface area contributed by atoms with Crippen molar-refractivity contribution in [2.45, 2.75) is 38.9 Å². The molecule has 1 atom stereocenters. The number of hydrogen-bond donors (Lipinski definition) is 1. The second kappa shape index (κ2) is 14.5. The SMILES string of the molecule is COc1ccc(CN(C(=O)Cn2nnc3ccccc32)C(C(=O)Nc2ccc(N3CCOCC3)cc2)c2ccc(C(C)C)cc2)cc1. The van der Waals surface area contributed by atoms with Gasteiger partial charge in [-0.1, -0.05) is 67.6 Å². The number of morpholine rings is 1. The quantitative estimate of drug-likeness (QED) is 0.196. The maximum Gasteiger partial charge on any atom is 0.251 e. The molecule has 0 bridgehead atoms. The Morgan fingerprint density at radius 1 is 0.894 bits per heavy atom. The fourth-order valence-corrected chi connectivity index (χ4v) is 5.83. The van der Waals surface area contributed by atoms with Gasteiger partial charge in [0.1, 0.15) is 23.9 Å². The first kappa shape index (κ1) is 31.7. The van der Waals surface area contributed by atoms with Crippen LogP contribution in [-0.4, -0.2) is 65.1 Å². The molecule has 1 aliphatic heterocycles. The Labute approximate surface area is 274 Å². The zero-order chi connectivity index (χ0) is 32.8. The van der Waals surface area contributed by atoms with Gasteiger partial charge in [-0.25, -0.2) is 4.68 Å². The molecule has 10 heteroatoms. The van der Waals surface area contributed by atoms with Gasteiger partial charge in [-0.2, -0.15) is 0 Å². The second-order valence-corrected chi connectivity index (χ2v) is 12.0. The Hall–Kier alpha value is -5.22. The number of methoxy groups -OCH3 is 1. The van der Waals surface area contributed by atoms with Crippen molar-refractivity contribution in [2.24, 2.45) is 0 Å². The zero-order valence-corrected chi connectivity index (χ0v) is 27.0. The molecule has 10 nitrogen and oxygen atoms in total. The average molecular weight is 633 g/mol. The lowest BCUT2D eigenvalue weighted by Crippen LogP contribution is -2.42. The van der Waals surface area contributed by atoms with Crippen molar-refractivity contribution in [3.05, 3.63) is 114 Å². The molecule has 1 aliphatic rings. The largest absolute Gasteiger partial charge is 0.497 e. The maximum absolute atomic E-state index is 14.4. The molecule has 242 valence electrons. The van der Waals surface area contributed by atoms with Gasteiger partial charge in [-0.05, 0) is 71.1 Å². The van der Waals surface area contributed by atoms with Gasteiger partial charge in [0.25, 0.3) is 5.91 Å². The summed E-state index contributed by atoms with van der Waals surface area (Å²) in [6, 6.07) is 29.8. The summed E-state index contributed by atoms with van der Waals surface area (Å²) in [5.41, 5.74) is 5.87. The Kier molecular flexibility index (Phi) is 9.78. The van der Waals surface area contributed by atoms with Crippen molar-refractivity contribution in [2.75, 3.05) is 43.6 Å². The molecule has 4 aromatic carbocycles. The van der Waals surface area contributed by atoms with E-state index >= 15 is 0 Å². The molecule has 1 saturated heterocycles. The number of anilines is 2. The maximum atomic E-state index is 14.4. The van der Waals surface area contributed by atoms with Crippen LogP contribution in [0, 0.1) is 0 Å². The highest BCUT2D eigenvalue weighted by Crippen LogP contribution is 2.29. The fraction of sp³-hybridized carbons (Fsp3) is 0.297. The number of rotatable bonds is 11. The first-order valence-corrected chi connectivity index (χ1v) is 15.9. The number of carbonyl (C=O) groups is 2. The van der Waals surface area contributed by atoms with Crippen molar-refractivity contribution in [3.63, 3.8) is 0 Å². The van der Waals surface area contributed by atoms with Crippen LogP contribution in [0.3, 0.4) is 0 Å². The summed E-state index contributed by atoms with van der Waals surface area (Å²) >= 11 is 0. The smallest absolute Gasteiger partial charge is 0.251 e. The molecule has 5 aromatic rings. The summed E-state index contributed by atoms with van der Waals surface area (Å²) < 4.78 is 12.4. The van der Waals surface area contributed by atoms with Gasteiger partial charge >= 0.3 is 0 Å². The number of ether oxygens (including phenoxy) is 2. The normalized spacial score (nSPS) is 13.8. The third kappa shape index (κ3) is 7.44. The first-order valence-electron chi connectivity index (χ1n) is 15.9. The topological polar surface area (TPSA) is 102 Å². The summed E-state index contributed by atoms with van der Waals surface area (Å²) in [6.07, 6.45) is 0. The fourth-order valence-electron chi connectivity index (χ4n) is 5.83. The molecule has 2 heterocycles. The van der Waals surface area contributed by atoms with Gasteiger partial charge in [0.15, 0.2) is 0 Å². The number of carbonyl (C=O) groups excluding carboxylic acids is 2. The van der Waals surface area contributed by atoms with Crippen LogP contribution in [0.25, 0.3) is 11.0 Å². The summed E-state index contributed by atoms with van der Waals surface area (Å²) in [4.78, 5) is 32.6. The van der Waals surface area contributed by atoms with Crippen LogP contribution in [0.15, 0.2) is 97.1 Å². The Bertz CT molecular complexity index is 1800. The number of fused-ring (bicyclic) bond motifs is 1. The summed E-state index contributed by atoms with van der Waals surface area (Å²) in [5.74, 6) is 0.442. The number of amides is 2. The summed E-state index contributed by atoms with van der Waals surface area (Å²) in [6.45, 7) is 7.39. The molecule has 1 fully saturated rings. The van der Waals surface area contributed by atoms with Gasteiger partial charge in [-0.15, -0.1) is 5.10 Å². The highest BCUT2D eigenvalue weighted by atomic mass is 16.5. The van der Waals surface area contributed by atoms with Crippen LogP contribution in [0.1, 0.15) is 42.5 Å². The third-order valence-corrected chi connectivity index (χ3v) is 8.53. The molecule has 1 unspecified atom stereocenters. The molecule has 0 spiro atoms. The molecule has 0 saturated carbocycles. The van der Waals surface area contributed by atoms with E-state index in [1.165, 1.54) is 0 Å². The minimum absolute atomic E-state index is 0.0846. The van der Waals surface area contributed by atoms with E-state index in [2.05, 4.69) is 34.4 Å². The molecule has 1 aromatic heterocycles. The Morgan fingerprint density at radius 2 is 1.57 bits per heavy atom. The van der Waals surface area contributed by atoms with Crippen molar-refractivity contribution in [3.8, 4) is 5.75 Å². The summed E-state index contributed by atoms with van der Waals surface area (Å²) in [5, 5.41) is 11.6. The molecule has 0 aliphatic carbocycles. The van der Waals surface area contributed by atoms with Crippen LogP contribution >= 0.6 is 0 Å². The minimum Gasteiger partial charge on any atom is -0.497 e. The Morgan fingerprint density at radius 3 is 2.26 bits per heavy atom. The van der Waals surface area contributed by atoms with Gasteiger partial charge in [0.2, 0.25) is 5.91 Å². The Balaban J connectivity index is 1.35. The second-order valence-electron chi connectivity index (χ2n) is 12.0. The van der Waals surface area contributed by atoms with Crippen LogP contribution in [0.4, 0.5) is 11.4 Å². The molecule has 1 N–H and O–H groups in total. The van der Waals surface area contributed by atoms with Crippen LogP contribution in [0.2, 0.25) is 0 Å². The van der Waals surface area contributed by atoms with E-state index in [9.17, 15) is 9.59 Å². The van der Waals surface area contributed by atoms with Gasteiger partial charge in [0, 0.05) is 31.0 Å². The average Bonchev–Trinajstić information content (AvgIpc) is 3.51. The highest BCUT2D eigenvalue weighted by Gasteiger charge is 2.32. The predicted octanol–water partition coefficient (Wildman–Crippen LogP) is 5.81. The van der Waals surface area contributed by atoms with Crippen molar-refractivity contribution < 1.29 is 19.1 Å². The number of nitrogens with one attached hydrogen (secondary N) is 1. The van der Waals surface area contributed by atoms with E-state index in [4.69, 9.17) is 9.47 Å². The monoisotopic (exact) mass is 632 g/mol. The molecule has 6 rings (SSSR count). The van der Waals surface area contributed by atoms with E-state index in [1.54, 1.807) is 16.7 Å². The minimum atomic E-state index is -0.931. The van der Waals surface area contributed by atoms with Gasteiger partial charge < -0.3 is 24.6 Å². The summed E-state index contributed by atoms with van der Waals surface area (Å²) in [7, 11) is 1.61. The van der Waals surface area contributed by atoms with E-state index in [0.717, 1.165) is 35.4 Å². The van der Waals surface area contributed by atoms with Crippen LogP contribution in [0.5, 0.6) is 5.75 Å². The number of hydrogen-bond acceptors (Lipinski definition) is 7. The molecule has 47 heavy (non-hydrogen) atoms. The lowest BCUT2D eigenvalue weighted by Gasteiger charge is -2.32. The van der Waals surface area contributed by atoms with E-state index in [-0.39, 0.29) is 24.9 Å². The number of benzene rings is 4. The standard InChI is InChI=1S/C37H40N6O4/c1-26(2)28-10-12-29(13-11-28)36(37(45)38-30-14-16-31(17-15-30)41-20-22-47-23-21-41)42(24-27-8-18-32(46-3)19-9-27)35(44)25-43-34-7-5-4-6-33(34)39-40-43/h4-19,26,36H,20-25H2,1-3H3,(H,38,45). The van der Waals surface area contributed by atoms with E-state index < -0.39 is 6.04 Å². The lowest BCUT2D eigenvalue weighted by atomic mass is 9.97. The molecule has 2 amide bonds. The molecular formula is C37H40N6O4. The first-order chi connectivity index (χ1) is 22.9. The van der Waals surface area contributed by atoms with Gasteiger partial charge in [-0.3, -0.25) is 9.59 Å². The van der Waals surface area contributed by atoms with Crippen molar-refractivity contribution in [1.29, 1.82) is 0 Å². The van der Waals surface area contributed by atoms with Crippen LogP contribution in [-0.2, 0) is 27.4 Å².